The monoisotopic (exact) mass is 474 g/mol. The molecule has 11 heteroatoms. The van der Waals surface area contributed by atoms with Crippen molar-refractivity contribution in [3.63, 3.8) is 0 Å². The molecule has 0 aliphatic heterocycles. The van der Waals surface area contributed by atoms with Gasteiger partial charge >= 0.3 is 5.97 Å². The number of benzene rings is 2. The zero-order valence-electron chi connectivity index (χ0n) is 16.8. The van der Waals surface area contributed by atoms with Gasteiger partial charge in [0.2, 0.25) is 5.78 Å². The maximum absolute atomic E-state index is 12.7. The number of para-hydroxylation sites is 1. The normalized spacial score (nSPS) is 11.0. The van der Waals surface area contributed by atoms with E-state index in [9.17, 15) is 28.1 Å². The summed E-state index contributed by atoms with van der Waals surface area (Å²) in [6.07, 6.45) is 0.788. The molecule has 0 radical (unpaired) electrons. The molecule has 32 heavy (non-hydrogen) atoms. The predicted molar refractivity (Wildman–Crippen MR) is 119 cm³/mol. The smallest absolute Gasteiger partial charge is 0.340 e. The number of non-ortho nitro benzene ring substituents is 1. The highest BCUT2D eigenvalue weighted by atomic mass is 32.2. The summed E-state index contributed by atoms with van der Waals surface area (Å²) in [7, 11) is -4.23. The van der Waals surface area contributed by atoms with Gasteiger partial charge < -0.3 is 4.74 Å². The fraction of sp³-hybridized carbons (Fsp3) is 0.143. The molecule has 9 nitrogen and oxygen atoms in total. The summed E-state index contributed by atoms with van der Waals surface area (Å²) in [5, 5.41) is 10.9. The first-order valence-electron chi connectivity index (χ1n) is 9.36. The maximum Gasteiger partial charge on any atom is 0.340 e. The third-order valence-electron chi connectivity index (χ3n) is 4.35. The van der Waals surface area contributed by atoms with Gasteiger partial charge in [0.15, 0.2) is 6.61 Å². The van der Waals surface area contributed by atoms with E-state index in [1.807, 2.05) is 13.0 Å². The Morgan fingerprint density at radius 3 is 2.53 bits per heavy atom. The number of hydrogen-bond acceptors (Lipinski definition) is 8. The third kappa shape index (κ3) is 5.37. The van der Waals surface area contributed by atoms with Gasteiger partial charge in [-0.05, 0) is 36.8 Å². The molecule has 0 fully saturated rings. The van der Waals surface area contributed by atoms with Crippen LogP contribution in [-0.2, 0) is 21.2 Å². The minimum atomic E-state index is -4.23. The molecule has 0 amide bonds. The lowest BCUT2D eigenvalue weighted by atomic mass is 10.2. The molecule has 0 saturated carbocycles. The Kier molecular flexibility index (Phi) is 7.01. The fourth-order valence-electron chi connectivity index (χ4n) is 2.72. The number of nitrogens with one attached hydrogen (secondary N) is 1. The van der Waals surface area contributed by atoms with Gasteiger partial charge in [-0.2, -0.15) is 0 Å². The second-order valence-corrected chi connectivity index (χ2v) is 9.38. The van der Waals surface area contributed by atoms with E-state index in [2.05, 4.69) is 4.72 Å². The second-order valence-electron chi connectivity index (χ2n) is 6.52. The number of aryl methyl sites for hydroxylation is 1. The van der Waals surface area contributed by atoms with E-state index < -0.39 is 27.5 Å². The minimum absolute atomic E-state index is 0.0825. The Hall–Kier alpha value is -3.57. The summed E-state index contributed by atoms with van der Waals surface area (Å²) in [5.41, 5.74) is -0.575. The van der Waals surface area contributed by atoms with E-state index in [-0.39, 0.29) is 27.6 Å². The molecular formula is C21H18N2O7S2. The van der Waals surface area contributed by atoms with Gasteiger partial charge in [0, 0.05) is 17.0 Å². The van der Waals surface area contributed by atoms with Crippen LogP contribution in [0.15, 0.2) is 65.6 Å². The quantitative estimate of drug-likeness (QED) is 0.214. The predicted octanol–water partition coefficient (Wildman–Crippen LogP) is 4.06. The van der Waals surface area contributed by atoms with Gasteiger partial charge in [-0.25, -0.2) is 13.2 Å². The largest absolute Gasteiger partial charge is 0.454 e. The number of anilines is 1. The van der Waals surface area contributed by atoms with Crippen LogP contribution in [0.5, 0.6) is 0 Å². The Balaban J connectivity index is 1.76. The molecule has 1 aromatic heterocycles. The lowest BCUT2D eigenvalue weighted by molar-refractivity contribution is -0.385. The molecule has 2 aromatic carbocycles. The summed E-state index contributed by atoms with van der Waals surface area (Å²) in [4.78, 5) is 36.2. The molecule has 0 atom stereocenters. The maximum atomic E-state index is 12.7. The standard InChI is InChI=1S/C21H18N2O7S2/c1-2-15-10-11-20(31-15)19(24)13-30-21(25)17-8-3-4-9-18(17)22-32(28,29)16-7-5-6-14(12-16)23(26)27/h3-12,22H,2,13H2,1H3. The van der Waals surface area contributed by atoms with Crippen LogP contribution in [0.2, 0.25) is 0 Å². The molecule has 0 bridgehead atoms. The molecule has 3 aromatic rings. The van der Waals surface area contributed by atoms with Crippen LogP contribution in [0.25, 0.3) is 0 Å². The lowest BCUT2D eigenvalue weighted by Gasteiger charge is -2.12. The van der Waals surface area contributed by atoms with Crippen LogP contribution >= 0.6 is 11.3 Å². The van der Waals surface area contributed by atoms with Gasteiger partial charge in [0.05, 0.1) is 25.9 Å². The summed E-state index contributed by atoms with van der Waals surface area (Å²) in [6, 6.07) is 13.7. The molecule has 3 rings (SSSR count). The van der Waals surface area contributed by atoms with E-state index in [0.717, 1.165) is 17.4 Å². The van der Waals surface area contributed by atoms with E-state index in [0.29, 0.717) is 4.88 Å². The Morgan fingerprint density at radius 1 is 1.09 bits per heavy atom. The molecule has 0 saturated heterocycles. The number of esters is 1. The van der Waals surface area contributed by atoms with Gasteiger partial charge in [-0.3, -0.25) is 19.6 Å². The Labute approximate surface area is 187 Å². The van der Waals surface area contributed by atoms with Crippen molar-refractivity contribution in [3.05, 3.63) is 86.1 Å². The number of ketones is 1. The van der Waals surface area contributed by atoms with Crippen LogP contribution in [-0.4, -0.2) is 31.7 Å². The number of ether oxygens (including phenoxy) is 1. The van der Waals surface area contributed by atoms with E-state index >= 15 is 0 Å². The van der Waals surface area contributed by atoms with Crippen LogP contribution in [0.4, 0.5) is 11.4 Å². The highest BCUT2D eigenvalue weighted by molar-refractivity contribution is 7.92. The van der Waals surface area contributed by atoms with Crippen molar-refractivity contribution >= 4 is 44.5 Å². The average Bonchev–Trinajstić information content (AvgIpc) is 3.27. The van der Waals surface area contributed by atoms with Crippen molar-refractivity contribution < 1.29 is 27.7 Å². The van der Waals surface area contributed by atoms with Crippen molar-refractivity contribution in [2.24, 2.45) is 0 Å². The third-order valence-corrected chi connectivity index (χ3v) is 6.98. The van der Waals surface area contributed by atoms with Crippen LogP contribution in [0.1, 0.15) is 31.8 Å². The molecule has 166 valence electrons. The SMILES string of the molecule is CCc1ccc(C(=O)COC(=O)c2ccccc2NS(=O)(=O)c2cccc([N+](=O)[O-])c2)s1. The molecule has 0 spiro atoms. The molecule has 1 heterocycles. The van der Waals surface area contributed by atoms with Crippen molar-refractivity contribution in [1.29, 1.82) is 0 Å². The number of nitrogens with zero attached hydrogens (tertiary/aromatic N) is 1. The number of carbonyl (C=O) groups excluding carboxylic acids is 2. The highest BCUT2D eigenvalue weighted by Gasteiger charge is 2.22. The number of rotatable bonds is 9. The van der Waals surface area contributed by atoms with Crippen molar-refractivity contribution in [3.8, 4) is 0 Å². The number of thiophene rings is 1. The fourth-order valence-corrected chi connectivity index (χ4v) is 4.71. The van der Waals surface area contributed by atoms with E-state index in [1.54, 1.807) is 6.07 Å². The first-order valence-corrected chi connectivity index (χ1v) is 11.7. The number of nitro groups is 1. The molecule has 1 N–H and O–H groups in total. The van der Waals surface area contributed by atoms with Crippen molar-refractivity contribution in [2.75, 3.05) is 11.3 Å². The van der Waals surface area contributed by atoms with Gasteiger partial charge in [0.25, 0.3) is 15.7 Å². The summed E-state index contributed by atoms with van der Waals surface area (Å²) >= 11 is 1.32. The van der Waals surface area contributed by atoms with Crippen molar-refractivity contribution in [1.82, 2.24) is 0 Å². The van der Waals surface area contributed by atoms with Gasteiger partial charge in [-0.15, -0.1) is 11.3 Å². The number of hydrogen-bond donors (Lipinski definition) is 1. The Bertz CT molecular complexity index is 1280. The average molecular weight is 475 g/mol. The van der Waals surface area contributed by atoms with Gasteiger partial charge in [0.1, 0.15) is 0 Å². The molecule has 0 aliphatic carbocycles. The zero-order chi connectivity index (χ0) is 23.3. The number of nitro benzene ring substituents is 1. The van der Waals surface area contributed by atoms with E-state index in [1.165, 1.54) is 53.8 Å². The summed E-state index contributed by atoms with van der Waals surface area (Å²) in [6.45, 7) is 1.47. The number of carbonyl (C=O) groups is 2. The summed E-state index contributed by atoms with van der Waals surface area (Å²) < 4.78 is 32.7. The molecular weight excluding hydrogens is 456 g/mol. The zero-order valence-corrected chi connectivity index (χ0v) is 18.4. The molecule has 0 aliphatic rings. The second kappa shape index (κ2) is 9.71. The van der Waals surface area contributed by atoms with E-state index in [4.69, 9.17) is 4.74 Å². The number of sulfonamides is 1. The van der Waals surface area contributed by atoms with Crippen LogP contribution in [0.3, 0.4) is 0 Å². The van der Waals surface area contributed by atoms with Crippen LogP contribution < -0.4 is 4.72 Å². The lowest BCUT2D eigenvalue weighted by Crippen LogP contribution is -2.18. The number of Topliss-reactive ketones (excluding diaryl/α,β-unsaturated/α-hetero) is 1. The first kappa shape index (κ1) is 23.1. The summed E-state index contributed by atoms with van der Waals surface area (Å²) in [5.74, 6) is -1.25. The first-order chi connectivity index (χ1) is 15.2. The van der Waals surface area contributed by atoms with Gasteiger partial charge in [-0.1, -0.05) is 25.1 Å². The Morgan fingerprint density at radius 2 is 1.84 bits per heavy atom. The topological polar surface area (TPSA) is 133 Å². The minimum Gasteiger partial charge on any atom is -0.454 e. The highest BCUT2D eigenvalue weighted by Crippen LogP contribution is 2.24. The van der Waals surface area contributed by atoms with Crippen LogP contribution in [0, 0.1) is 10.1 Å². The molecule has 0 unspecified atom stereocenters. The van der Waals surface area contributed by atoms with Crippen molar-refractivity contribution in [2.45, 2.75) is 18.2 Å².